The number of benzene rings is 1. The zero-order valence-corrected chi connectivity index (χ0v) is 19.5. The van der Waals surface area contributed by atoms with E-state index in [1.165, 1.54) is 9.80 Å². The smallest absolute Gasteiger partial charge is 0.412 e. The largest absolute Gasteiger partial charge is 0.444 e. The third-order valence-corrected chi connectivity index (χ3v) is 5.54. The van der Waals surface area contributed by atoms with Crippen molar-refractivity contribution in [2.24, 2.45) is 0 Å². The first-order valence-electron chi connectivity index (χ1n) is 10.6. The molecule has 8 nitrogen and oxygen atoms in total. The summed E-state index contributed by atoms with van der Waals surface area (Å²) in [5.41, 5.74) is -0.971. The van der Waals surface area contributed by atoms with Crippen molar-refractivity contribution in [2.75, 3.05) is 13.7 Å². The molecule has 2 N–H and O–H groups in total. The van der Waals surface area contributed by atoms with Crippen LogP contribution >= 0.6 is 0 Å². The van der Waals surface area contributed by atoms with Crippen LogP contribution in [-0.2, 0) is 14.3 Å². The Morgan fingerprint density at radius 3 is 2.39 bits per heavy atom. The Balaban J connectivity index is 2.07. The number of ether oxygens (including phenoxy) is 2. The van der Waals surface area contributed by atoms with E-state index in [1.54, 1.807) is 60.7 Å². The highest BCUT2D eigenvalue weighted by atomic mass is 16.6. The molecule has 2 rings (SSSR count). The summed E-state index contributed by atoms with van der Waals surface area (Å²) in [4.78, 5) is 28.4. The van der Waals surface area contributed by atoms with Gasteiger partial charge in [-0.1, -0.05) is 30.3 Å². The molecule has 1 aliphatic heterocycles. The van der Waals surface area contributed by atoms with E-state index in [2.05, 4.69) is 0 Å². The number of aliphatic hydroxyl groups is 2. The van der Waals surface area contributed by atoms with Crippen molar-refractivity contribution in [2.45, 2.75) is 83.6 Å². The number of carbonyl (C=O) groups excluding carboxylic acids is 2. The van der Waals surface area contributed by atoms with Crippen molar-refractivity contribution in [3.8, 4) is 0 Å². The standard InChI is InChI=1S/C23H36N2O6/c1-15(20(28)16-11-9-8-10-12-16)24(7)19(27)13-18(26)17-14-30-23(5,6)25(17)21(29)31-22(2,3)4/h8-12,15,17-18,20,26,28H,13-14H2,1-7H3/t15-,17-,18+,20+/m1/s1. The molecule has 1 fully saturated rings. The number of rotatable bonds is 6. The highest BCUT2D eigenvalue weighted by molar-refractivity contribution is 5.77. The number of carbonyl (C=O) groups is 2. The number of aliphatic hydroxyl groups excluding tert-OH is 2. The van der Waals surface area contributed by atoms with Gasteiger partial charge in [0.1, 0.15) is 11.3 Å². The van der Waals surface area contributed by atoms with Crippen LogP contribution in [0.1, 0.15) is 59.6 Å². The lowest BCUT2D eigenvalue weighted by atomic mass is 10.0. The van der Waals surface area contributed by atoms with Crippen molar-refractivity contribution in [1.82, 2.24) is 9.80 Å². The minimum absolute atomic E-state index is 0.0899. The van der Waals surface area contributed by atoms with Gasteiger partial charge in [0.2, 0.25) is 5.91 Å². The van der Waals surface area contributed by atoms with Crippen LogP contribution in [0.5, 0.6) is 0 Å². The first kappa shape index (κ1) is 25.1. The van der Waals surface area contributed by atoms with Crippen LogP contribution < -0.4 is 0 Å². The molecule has 174 valence electrons. The molecule has 0 aliphatic carbocycles. The topological polar surface area (TPSA) is 99.5 Å². The van der Waals surface area contributed by atoms with Gasteiger partial charge in [-0.05, 0) is 47.1 Å². The van der Waals surface area contributed by atoms with Gasteiger partial charge < -0.3 is 24.6 Å². The minimum atomic E-state index is -1.15. The van der Waals surface area contributed by atoms with Gasteiger partial charge in [-0.25, -0.2) is 4.79 Å². The summed E-state index contributed by atoms with van der Waals surface area (Å²) in [5.74, 6) is -0.344. The van der Waals surface area contributed by atoms with Crippen molar-refractivity contribution in [3.05, 3.63) is 35.9 Å². The molecule has 1 aromatic rings. The second-order valence-corrected chi connectivity index (χ2v) is 9.55. The maximum absolute atomic E-state index is 12.8. The summed E-state index contributed by atoms with van der Waals surface area (Å²) < 4.78 is 11.2. The average Bonchev–Trinajstić information content (AvgIpc) is 3.00. The van der Waals surface area contributed by atoms with E-state index in [4.69, 9.17) is 9.47 Å². The van der Waals surface area contributed by atoms with E-state index in [0.29, 0.717) is 5.56 Å². The zero-order chi connectivity index (χ0) is 23.6. The molecular formula is C23H36N2O6. The SMILES string of the molecule is C[C@H]([C@H](O)c1ccccc1)N(C)C(=O)C[C@H](O)[C@H]1COC(C)(C)N1C(=O)OC(C)(C)C. The molecule has 0 aromatic heterocycles. The van der Waals surface area contributed by atoms with E-state index < -0.39 is 41.7 Å². The van der Waals surface area contributed by atoms with Gasteiger partial charge in [0, 0.05) is 7.05 Å². The van der Waals surface area contributed by atoms with Crippen LogP contribution in [0.15, 0.2) is 30.3 Å². The lowest BCUT2D eigenvalue weighted by Crippen LogP contribution is -2.54. The highest BCUT2D eigenvalue weighted by Gasteiger charge is 2.48. The van der Waals surface area contributed by atoms with Crippen LogP contribution in [0, 0.1) is 0 Å². The number of hydrogen-bond acceptors (Lipinski definition) is 6. The number of amides is 2. The predicted molar refractivity (Wildman–Crippen MR) is 116 cm³/mol. The second kappa shape index (κ2) is 9.54. The van der Waals surface area contributed by atoms with E-state index in [0.717, 1.165) is 0 Å². The predicted octanol–water partition coefficient (Wildman–Crippen LogP) is 2.69. The Kier molecular flexibility index (Phi) is 7.73. The third-order valence-electron chi connectivity index (χ3n) is 5.54. The Hall–Kier alpha value is -2.16. The molecule has 8 heteroatoms. The quantitative estimate of drug-likeness (QED) is 0.711. The fourth-order valence-electron chi connectivity index (χ4n) is 3.61. The first-order chi connectivity index (χ1) is 14.2. The summed E-state index contributed by atoms with van der Waals surface area (Å²) in [7, 11) is 1.59. The Morgan fingerprint density at radius 2 is 1.84 bits per heavy atom. The van der Waals surface area contributed by atoms with E-state index in [9.17, 15) is 19.8 Å². The molecule has 1 aromatic carbocycles. The van der Waals surface area contributed by atoms with Gasteiger partial charge in [0.05, 0.1) is 37.3 Å². The Labute approximate surface area is 184 Å². The minimum Gasteiger partial charge on any atom is -0.444 e. The van der Waals surface area contributed by atoms with Crippen LogP contribution in [0.25, 0.3) is 0 Å². The maximum atomic E-state index is 12.8. The molecule has 0 unspecified atom stereocenters. The van der Waals surface area contributed by atoms with Crippen LogP contribution in [0.4, 0.5) is 4.79 Å². The second-order valence-electron chi connectivity index (χ2n) is 9.55. The van der Waals surface area contributed by atoms with Gasteiger partial charge in [0.25, 0.3) is 0 Å². The molecule has 4 atom stereocenters. The Morgan fingerprint density at radius 1 is 1.26 bits per heavy atom. The van der Waals surface area contributed by atoms with Crippen molar-refractivity contribution in [1.29, 1.82) is 0 Å². The molecule has 31 heavy (non-hydrogen) atoms. The summed E-state index contributed by atoms with van der Waals surface area (Å²) in [6, 6.07) is 7.87. The summed E-state index contributed by atoms with van der Waals surface area (Å²) >= 11 is 0. The molecule has 0 spiro atoms. The van der Waals surface area contributed by atoms with E-state index in [1.807, 2.05) is 18.2 Å². The normalized spacial score (nSPS) is 21.3. The molecular weight excluding hydrogens is 400 g/mol. The van der Waals surface area contributed by atoms with Crippen molar-refractivity contribution < 1.29 is 29.3 Å². The summed E-state index contributed by atoms with van der Waals surface area (Å²) in [5, 5.41) is 21.4. The monoisotopic (exact) mass is 436 g/mol. The highest BCUT2D eigenvalue weighted by Crippen LogP contribution is 2.32. The average molecular weight is 437 g/mol. The molecule has 1 saturated heterocycles. The Bertz CT molecular complexity index is 761. The number of hydrogen-bond donors (Lipinski definition) is 2. The molecule has 0 radical (unpaired) electrons. The molecule has 1 heterocycles. The van der Waals surface area contributed by atoms with Gasteiger partial charge >= 0.3 is 6.09 Å². The molecule has 1 aliphatic rings. The third kappa shape index (κ3) is 6.18. The van der Waals surface area contributed by atoms with Crippen molar-refractivity contribution in [3.63, 3.8) is 0 Å². The summed E-state index contributed by atoms with van der Waals surface area (Å²) in [6.45, 7) is 10.6. The zero-order valence-electron chi connectivity index (χ0n) is 19.5. The molecule has 0 bridgehead atoms. The number of likely N-dealkylation sites (N-methyl/N-ethyl adjacent to an activating group) is 1. The number of nitrogens with zero attached hydrogens (tertiary/aromatic N) is 2. The van der Waals surface area contributed by atoms with Crippen LogP contribution in [-0.4, -0.2) is 75.2 Å². The van der Waals surface area contributed by atoms with Crippen molar-refractivity contribution >= 4 is 12.0 Å². The van der Waals surface area contributed by atoms with E-state index >= 15 is 0 Å². The lowest BCUT2D eigenvalue weighted by molar-refractivity contribution is -0.137. The lowest BCUT2D eigenvalue weighted by Gasteiger charge is -2.37. The van der Waals surface area contributed by atoms with Gasteiger partial charge in [-0.15, -0.1) is 0 Å². The summed E-state index contributed by atoms with van der Waals surface area (Å²) in [6.07, 6.45) is -2.83. The van der Waals surface area contributed by atoms with Gasteiger partial charge in [-0.2, -0.15) is 0 Å². The first-order valence-corrected chi connectivity index (χ1v) is 10.6. The van der Waals surface area contributed by atoms with Gasteiger partial charge in [0.15, 0.2) is 0 Å². The fraction of sp³-hybridized carbons (Fsp3) is 0.652. The molecule has 2 amide bonds. The van der Waals surface area contributed by atoms with Crippen LogP contribution in [0.3, 0.4) is 0 Å². The fourth-order valence-corrected chi connectivity index (χ4v) is 3.61. The van der Waals surface area contributed by atoms with Crippen LogP contribution in [0.2, 0.25) is 0 Å². The van der Waals surface area contributed by atoms with E-state index in [-0.39, 0.29) is 18.9 Å². The van der Waals surface area contributed by atoms with Gasteiger partial charge in [-0.3, -0.25) is 9.69 Å². The molecule has 0 saturated carbocycles. The maximum Gasteiger partial charge on any atom is 0.412 e.